The zero-order valence-corrected chi connectivity index (χ0v) is 11.7. The van der Waals surface area contributed by atoms with Crippen molar-refractivity contribution in [1.29, 1.82) is 0 Å². The number of hydrogen-bond acceptors (Lipinski definition) is 3. The van der Waals surface area contributed by atoms with E-state index in [0.717, 1.165) is 29.6 Å². The standard InChI is InChI=1S/C16H16FN3O/c1-2-20-14-6-4-3-5-13(14)19-16(20)8-15(21)11-7-12(17)10-18-9-11/h3-7,9-10,15,21H,2,8H2,1H3. The van der Waals surface area contributed by atoms with Gasteiger partial charge in [-0.1, -0.05) is 12.1 Å². The van der Waals surface area contributed by atoms with Gasteiger partial charge >= 0.3 is 0 Å². The Bertz CT molecular complexity index is 769. The molecule has 4 nitrogen and oxygen atoms in total. The van der Waals surface area contributed by atoms with Crippen LogP contribution in [0.15, 0.2) is 42.7 Å². The molecule has 1 N–H and O–H groups in total. The van der Waals surface area contributed by atoms with Gasteiger partial charge in [-0.25, -0.2) is 9.37 Å². The summed E-state index contributed by atoms with van der Waals surface area (Å²) < 4.78 is 15.2. The van der Waals surface area contributed by atoms with Crippen LogP contribution in [0, 0.1) is 5.82 Å². The number of fused-ring (bicyclic) bond motifs is 1. The van der Waals surface area contributed by atoms with Crippen LogP contribution in [-0.4, -0.2) is 19.6 Å². The van der Waals surface area contributed by atoms with Crippen LogP contribution < -0.4 is 0 Å². The molecular formula is C16H16FN3O. The maximum Gasteiger partial charge on any atom is 0.141 e. The highest BCUT2D eigenvalue weighted by Gasteiger charge is 2.15. The fourth-order valence-electron chi connectivity index (χ4n) is 2.54. The molecule has 3 aromatic rings. The number of halogens is 1. The average molecular weight is 285 g/mol. The minimum absolute atomic E-state index is 0.327. The molecule has 1 atom stereocenters. The zero-order chi connectivity index (χ0) is 14.8. The van der Waals surface area contributed by atoms with Crippen LogP contribution in [0.5, 0.6) is 0 Å². The van der Waals surface area contributed by atoms with Crippen molar-refractivity contribution in [1.82, 2.24) is 14.5 Å². The van der Waals surface area contributed by atoms with Gasteiger partial charge in [0.1, 0.15) is 11.6 Å². The largest absolute Gasteiger partial charge is 0.388 e. The quantitative estimate of drug-likeness (QED) is 0.802. The monoisotopic (exact) mass is 285 g/mol. The number of nitrogens with zero attached hydrogens (tertiary/aromatic N) is 3. The Labute approximate surface area is 121 Å². The maximum atomic E-state index is 13.2. The van der Waals surface area contributed by atoms with Crippen LogP contribution in [0.25, 0.3) is 11.0 Å². The van der Waals surface area contributed by atoms with E-state index < -0.39 is 11.9 Å². The number of aromatic nitrogens is 3. The minimum atomic E-state index is -0.824. The molecular weight excluding hydrogens is 269 g/mol. The number of aryl methyl sites for hydroxylation is 1. The number of hydrogen-bond donors (Lipinski definition) is 1. The highest BCUT2D eigenvalue weighted by Crippen LogP contribution is 2.22. The van der Waals surface area contributed by atoms with Crippen molar-refractivity contribution in [3.05, 3.63) is 59.9 Å². The van der Waals surface area contributed by atoms with Crippen molar-refractivity contribution in [2.75, 3.05) is 0 Å². The average Bonchev–Trinajstić information content (AvgIpc) is 2.84. The van der Waals surface area contributed by atoms with E-state index >= 15 is 0 Å². The van der Waals surface area contributed by atoms with Gasteiger partial charge in [0.15, 0.2) is 0 Å². The molecule has 0 fully saturated rings. The van der Waals surface area contributed by atoms with E-state index in [-0.39, 0.29) is 0 Å². The minimum Gasteiger partial charge on any atom is -0.388 e. The van der Waals surface area contributed by atoms with Crippen LogP contribution in [0.3, 0.4) is 0 Å². The van der Waals surface area contributed by atoms with Gasteiger partial charge in [-0.15, -0.1) is 0 Å². The normalized spacial score (nSPS) is 12.7. The Morgan fingerprint density at radius 2 is 2.10 bits per heavy atom. The molecule has 0 saturated heterocycles. The summed E-state index contributed by atoms with van der Waals surface area (Å²) in [6.45, 7) is 2.80. The molecule has 0 aliphatic heterocycles. The highest BCUT2D eigenvalue weighted by molar-refractivity contribution is 5.75. The Hall–Kier alpha value is -2.27. The van der Waals surface area contributed by atoms with Crippen molar-refractivity contribution in [2.24, 2.45) is 0 Å². The molecule has 21 heavy (non-hydrogen) atoms. The topological polar surface area (TPSA) is 50.9 Å². The lowest BCUT2D eigenvalue weighted by molar-refractivity contribution is 0.174. The Morgan fingerprint density at radius 3 is 2.86 bits per heavy atom. The third-order valence-electron chi connectivity index (χ3n) is 3.54. The van der Waals surface area contributed by atoms with Crippen LogP contribution in [0.2, 0.25) is 0 Å². The molecule has 1 unspecified atom stereocenters. The zero-order valence-electron chi connectivity index (χ0n) is 11.7. The third kappa shape index (κ3) is 2.64. The Kier molecular flexibility index (Phi) is 3.66. The van der Waals surface area contributed by atoms with Crippen LogP contribution >= 0.6 is 0 Å². The van der Waals surface area contributed by atoms with E-state index in [0.29, 0.717) is 12.0 Å². The SMILES string of the molecule is CCn1c(CC(O)c2cncc(F)c2)nc2ccccc21. The van der Waals surface area contributed by atoms with Gasteiger partial charge in [-0.2, -0.15) is 0 Å². The predicted molar refractivity (Wildman–Crippen MR) is 78.3 cm³/mol. The lowest BCUT2D eigenvalue weighted by atomic mass is 10.1. The van der Waals surface area contributed by atoms with Crippen LogP contribution in [-0.2, 0) is 13.0 Å². The number of benzene rings is 1. The molecule has 5 heteroatoms. The van der Waals surface area contributed by atoms with Gasteiger partial charge in [-0.3, -0.25) is 4.98 Å². The molecule has 0 aliphatic carbocycles. The van der Waals surface area contributed by atoms with E-state index in [1.807, 2.05) is 31.2 Å². The summed E-state index contributed by atoms with van der Waals surface area (Å²) in [5, 5.41) is 10.3. The lowest BCUT2D eigenvalue weighted by Gasteiger charge is -2.11. The van der Waals surface area contributed by atoms with Gasteiger partial charge in [0.25, 0.3) is 0 Å². The molecule has 0 bridgehead atoms. The van der Waals surface area contributed by atoms with Gasteiger partial charge in [0, 0.05) is 24.7 Å². The van der Waals surface area contributed by atoms with Gasteiger partial charge in [0.05, 0.1) is 23.3 Å². The predicted octanol–water partition coefficient (Wildman–Crippen LogP) is 2.87. The van der Waals surface area contributed by atoms with Crippen molar-refractivity contribution < 1.29 is 9.50 Å². The van der Waals surface area contributed by atoms with Crippen molar-refractivity contribution in [3.63, 3.8) is 0 Å². The fourth-order valence-corrected chi connectivity index (χ4v) is 2.54. The van der Waals surface area contributed by atoms with Crippen molar-refractivity contribution >= 4 is 11.0 Å². The molecule has 0 aliphatic rings. The van der Waals surface area contributed by atoms with E-state index in [2.05, 4.69) is 14.5 Å². The maximum absolute atomic E-state index is 13.2. The van der Waals surface area contributed by atoms with E-state index in [9.17, 15) is 9.50 Å². The summed E-state index contributed by atoms with van der Waals surface area (Å²) in [5.41, 5.74) is 2.41. The molecule has 0 saturated carbocycles. The van der Waals surface area contributed by atoms with Crippen molar-refractivity contribution in [3.8, 4) is 0 Å². The van der Waals surface area contributed by atoms with Crippen LogP contribution in [0.4, 0.5) is 4.39 Å². The number of imidazole rings is 1. The van der Waals surface area contributed by atoms with Crippen LogP contribution in [0.1, 0.15) is 24.4 Å². The summed E-state index contributed by atoms with van der Waals surface area (Å²) in [5.74, 6) is 0.339. The third-order valence-corrected chi connectivity index (χ3v) is 3.54. The second kappa shape index (κ2) is 5.61. The number of pyridine rings is 1. The van der Waals surface area contributed by atoms with E-state index in [1.54, 1.807) is 0 Å². The van der Waals surface area contributed by atoms with E-state index in [4.69, 9.17) is 0 Å². The number of aliphatic hydroxyl groups excluding tert-OH is 1. The summed E-state index contributed by atoms with van der Waals surface area (Å²) in [6.07, 6.45) is 2.10. The highest BCUT2D eigenvalue weighted by atomic mass is 19.1. The fraction of sp³-hybridized carbons (Fsp3) is 0.250. The molecule has 0 spiro atoms. The second-order valence-corrected chi connectivity index (χ2v) is 4.92. The molecule has 108 valence electrons. The smallest absolute Gasteiger partial charge is 0.141 e. The molecule has 2 heterocycles. The van der Waals surface area contributed by atoms with Gasteiger partial charge in [-0.05, 0) is 25.1 Å². The number of para-hydroxylation sites is 2. The van der Waals surface area contributed by atoms with Crippen molar-refractivity contribution in [2.45, 2.75) is 26.0 Å². The van der Waals surface area contributed by atoms with Gasteiger partial charge in [0.2, 0.25) is 0 Å². The van der Waals surface area contributed by atoms with E-state index in [1.165, 1.54) is 12.3 Å². The summed E-state index contributed by atoms with van der Waals surface area (Å²) in [6, 6.07) is 9.15. The number of aliphatic hydroxyl groups is 1. The Morgan fingerprint density at radius 1 is 1.29 bits per heavy atom. The summed E-state index contributed by atoms with van der Waals surface area (Å²) in [4.78, 5) is 8.33. The first-order valence-electron chi connectivity index (χ1n) is 6.91. The molecule has 0 radical (unpaired) electrons. The number of rotatable bonds is 4. The molecule has 1 aromatic carbocycles. The Balaban J connectivity index is 1.94. The molecule has 2 aromatic heterocycles. The first kappa shape index (κ1) is 13.7. The first-order valence-corrected chi connectivity index (χ1v) is 6.91. The first-order chi connectivity index (χ1) is 10.2. The molecule has 0 amide bonds. The molecule has 3 rings (SSSR count). The summed E-state index contributed by atoms with van der Waals surface area (Å²) in [7, 11) is 0. The van der Waals surface area contributed by atoms with Gasteiger partial charge < -0.3 is 9.67 Å². The lowest BCUT2D eigenvalue weighted by Crippen LogP contribution is -2.09. The summed E-state index contributed by atoms with van der Waals surface area (Å²) >= 11 is 0. The second-order valence-electron chi connectivity index (χ2n) is 4.92.